The van der Waals surface area contributed by atoms with Gasteiger partial charge in [-0.3, -0.25) is 4.79 Å². The van der Waals surface area contributed by atoms with Crippen LogP contribution >= 0.6 is 0 Å². The third kappa shape index (κ3) is 5.76. The molecule has 3 amide bonds. The molecule has 0 aromatic heterocycles. The second kappa shape index (κ2) is 8.72. The molecule has 2 aromatic rings. The molecule has 0 saturated heterocycles. The zero-order chi connectivity index (χ0) is 17.4. The van der Waals surface area contributed by atoms with Crippen molar-refractivity contribution in [2.45, 2.75) is 20.3 Å². The van der Waals surface area contributed by atoms with Crippen LogP contribution in [0.25, 0.3) is 0 Å². The molecule has 0 atom stereocenters. The number of hydrogen-bond acceptors (Lipinski definition) is 2. The van der Waals surface area contributed by atoms with Crippen LogP contribution in [0.3, 0.4) is 0 Å². The van der Waals surface area contributed by atoms with E-state index in [-0.39, 0.29) is 11.9 Å². The van der Waals surface area contributed by atoms with Gasteiger partial charge in [-0.2, -0.15) is 0 Å². The summed E-state index contributed by atoms with van der Waals surface area (Å²) in [5, 5.41) is 8.37. The molecule has 0 aliphatic heterocycles. The van der Waals surface area contributed by atoms with Crippen LogP contribution in [-0.2, 0) is 0 Å². The molecule has 2 aromatic carbocycles. The lowest BCUT2D eigenvalue weighted by atomic mass is 10.1. The van der Waals surface area contributed by atoms with Crippen molar-refractivity contribution in [2.24, 2.45) is 5.92 Å². The smallest absolute Gasteiger partial charge is 0.319 e. The number of nitrogens with one attached hydrogen (secondary N) is 3. The fourth-order valence-electron chi connectivity index (χ4n) is 2.08. The number of rotatable bonds is 6. The Labute approximate surface area is 142 Å². The van der Waals surface area contributed by atoms with Crippen LogP contribution in [0.15, 0.2) is 54.6 Å². The van der Waals surface area contributed by atoms with Gasteiger partial charge in [-0.25, -0.2) is 4.79 Å². The van der Waals surface area contributed by atoms with Gasteiger partial charge < -0.3 is 16.0 Å². The number of anilines is 2. The molecule has 0 heterocycles. The van der Waals surface area contributed by atoms with E-state index >= 15 is 0 Å². The Kier molecular flexibility index (Phi) is 6.37. The number of benzene rings is 2. The Morgan fingerprint density at radius 1 is 0.875 bits per heavy atom. The van der Waals surface area contributed by atoms with Crippen molar-refractivity contribution in [1.82, 2.24) is 5.32 Å². The predicted molar refractivity (Wildman–Crippen MR) is 97.3 cm³/mol. The molecule has 0 aliphatic rings. The number of amides is 3. The lowest BCUT2D eigenvalue weighted by Gasteiger charge is -2.09. The van der Waals surface area contributed by atoms with E-state index < -0.39 is 0 Å². The van der Waals surface area contributed by atoms with Crippen molar-refractivity contribution in [3.8, 4) is 0 Å². The van der Waals surface area contributed by atoms with Gasteiger partial charge in [0.1, 0.15) is 0 Å². The van der Waals surface area contributed by atoms with Gasteiger partial charge in [-0.1, -0.05) is 32.0 Å². The van der Waals surface area contributed by atoms with Crippen LogP contribution in [0.1, 0.15) is 30.6 Å². The van der Waals surface area contributed by atoms with E-state index in [1.807, 2.05) is 30.3 Å². The first-order valence-corrected chi connectivity index (χ1v) is 8.06. The molecule has 0 unspecified atom stereocenters. The highest BCUT2D eigenvalue weighted by Crippen LogP contribution is 2.12. The molecule has 0 spiro atoms. The van der Waals surface area contributed by atoms with Gasteiger partial charge in [0.05, 0.1) is 0 Å². The number of urea groups is 1. The first kappa shape index (κ1) is 17.5. The minimum absolute atomic E-state index is 0.186. The second-order valence-corrected chi connectivity index (χ2v) is 5.96. The zero-order valence-electron chi connectivity index (χ0n) is 14.0. The van der Waals surface area contributed by atoms with Gasteiger partial charge in [0.25, 0.3) is 5.91 Å². The van der Waals surface area contributed by atoms with Gasteiger partial charge in [0.15, 0.2) is 0 Å². The summed E-state index contributed by atoms with van der Waals surface area (Å²) in [6.07, 6.45) is 0.937. The Balaban J connectivity index is 1.86. The lowest BCUT2D eigenvalue weighted by molar-refractivity contribution is 0.102. The third-order valence-electron chi connectivity index (χ3n) is 3.44. The van der Waals surface area contributed by atoms with E-state index in [1.165, 1.54) is 0 Å². The largest absolute Gasteiger partial charge is 0.338 e. The molecule has 0 bridgehead atoms. The molecule has 2 rings (SSSR count). The molecule has 3 N–H and O–H groups in total. The summed E-state index contributed by atoms with van der Waals surface area (Å²) in [7, 11) is 0. The maximum absolute atomic E-state index is 12.1. The van der Waals surface area contributed by atoms with Crippen molar-refractivity contribution in [3.63, 3.8) is 0 Å². The molecule has 24 heavy (non-hydrogen) atoms. The van der Waals surface area contributed by atoms with E-state index in [0.717, 1.165) is 12.1 Å². The normalized spacial score (nSPS) is 10.3. The summed E-state index contributed by atoms with van der Waals surface area (Å²) in [4.78, 5) is 23.9. The van der Waals surface area contributed by atoms with E-state index in [1.54, 1.807) is 24.3 Å². The molecule has 0 fully saturated rings. The minimum atomic E-state index is -0.239. The number of hydrogen-bond donors (Lipinski definition) is 3. The second-order valence-electron chi connectivity index (χ2n) is 5.96. The first-order valence-electron chi connectivity index (χ1n) is 8.06. The molecular formula is C19H23N3O2. The maximum atomic E-state index is 12.1. The van der Waals surface area contributed by atoms with Crippen molar-refractivity contribution in [3.05, 3.63) is 60.2 Å². The zero-order valence-corrected chi connectivity index (χ0v) is 14.0. The van der Waals surface area contributed by atoms with Crippen molar-refractivity contribution < 1.29 is 9.59 Å². The molecule has 0 radical (unpaired) electrons. The van der Waals surface area contributed by atoms with Gasteiger partial charge in [0, 0.05) is 23.5 Å². The van der Waals surface area contributed by atoms with Gasteiger partial charge in [-0.05, 0) is 48.7 Å². The average molecular weight is 325 g/mol. The summed E-state index contributed by atoms with van der Waals surface area (Å²) in [6.45, 7) is 4.86. The molecule has 126 valence electrons. The Bertz CT molecular complexity index is 667. The van der Waals surface area contributed by atoms with Crippen LogP contribution < -0.4 is 16.0 Å². The lowest BCUT2D eigenvalue weighted by Crippen LogP contribution is -2.30. The van der Waals surface area contributed by atoms with Crippen molar-refractivity contribution in [2.75, 3.05) is 17.2 Å². The van der Waals surface area contributed by atoms with E-state index in [2.05, 4.69) is 29.8 Å². The molecular weight excluding hydrogens is 302 g/mol. The highest BCUT2D eigenvalue weighted by molar-refractivity contribution is 6.04. The van der Waals surface area contributed by atoms with Crippen LogP contribution in [0.4, 0.5) is 16.2 Å². The topological polar surface area (TPSA) is 70.2 Å². The summed E-state index contributed by atoms with van der Waals surface area (Å²) >= 11 is 0. The number of carbonyl (C=O) groups excluding carboxylic acids is 2. The Morgan fingerprint density at radius 3 is 2.12 bits per heavy atom. The predicted octanol–water partition coefficient (Wildman–Crippen LogP) is 4.11. The molecule has 5 heteroatoms. The number of carbonyl (C=O) groups is 2. The van der Waals surface area contributed by atoms with Crippen molar-refractivity contribution >= 4 is 23.3 Å². The van der Waals surface area contributed by atoms with Crippen LogP contribution in [0, 0.1) is 5.92 Å². The highest BCUT2D eigenvalue weighted by Gasteiger charge is 2.07. The van der Waals surface area contributed by atoms with E-state index in [4.69, 9.17) is 0 Å². The fraction of sp³-hybridized carbons (Fsp3) is 0.263. The maximum Gasteiger partial charge on any atom is 0.319 e. The third-order valence-corrected chi connectivity index (χ3v) is 3.44. The molecule has 5 nitrogen and oxygen atoms in total. The van der Waals surface area contributed by atoms with E-state index in [0.29, 0.717) is 23.7 Å². The highest BCUT2D eigenvalue weighted by atomic mass is 16.2. The summed E-state index contributed by atoms with van der Waals surface area (Å²) in [5.74, 6) is 0.363. The first-order chi connectivity index (χ1) is 11.5. The average Bonchev–Trinajstić information content (AvgIpc) is 2.56. The summed E-state index contributed by atoms with van der Waals surface area (Å²) in [6, 6.07) is 15.8. The van der Waals surface area contributed by atoms with Gasteiger partial charge >= 0.3 is 6.03 Å². The molecule has 0 aliphatic carbocycles. The quantitative estimate of drug-likeness (QED) is 0.748. The Morgan fingerprint density at radius 2 is 1.50 bits per heavy atom. The minimum Gasteiger partial charge on any atom is -0.338 e. The van der Waals surface area contributed by atoms with Gasteiger partial charge in [-0.15, -0.1) is 0 Å². The SMILES string of the molecule is CC(C)CCNC(=O)Nc1ccc(C(=O)Nc2ccccc2)cc1. The van der Waals surface area contributed by atoms with Gasteiger partial charge in [0.2, 0.25) is 0 Å². The van der Waals surface area contributed by atoms with Crippen LogP contribution in [-0.4, -0.2) is 18.5 Å². The summed E-state index contributed by atoms with van der Waals surface area (Å²) < 4.78 is 0. The standard InChI is InChI=1S/C19H23N3O2/c1-14(2)12-13-20-19(24)22-17-10-8-15(9-11-17)18(23)21-16-6-4-3-5-7-16/h3-11,14H,12-13H2,1-2H3,(H,21,23)(H2,20,22,24). The van der Waals surface area contributed by atoms with Crippen LogP contribution in [0.5, 0.6) is 0 Å². The fourth-order valence-corrected chi connectivity index (χ4v) is 2.08. The van der Waals surface area contributed by atoms with Crippen molar-refractivity contribution in [1.29, 1.82) is 0 Å². The monoisotopic (exact) mass is 325 g/mol. The van der Waals surface area contributed by atoms with Crippen LogP contribution in [0.2, 0.25) is 0 Å². The Hall–Kier alpha value is -2.82. The number of para-hydroxylation sites is 1. The summed E-state index contributed by atoms with van der Waals surface area (Å²) in [5.41, 5.74) is 1.92. The van der Waals surface area contributed by atoms with E-state index in [9.17, 15) is 9.59 Å². The molecule has 0 saturated carbocycles.